The van der Waals surface area contributed by atoms with Crippen LogP contribution < -0.4 is 4.90 Å². The first kappa shape index (κ1) is 14.3. The number of hydrogen-bond acceptors (Lipinski definition) is 4. The summed E-state index contributed by atoms with van der Waals surface area (Å²) in [4.78, 5) is 9.40. The van der Waals surface area contributed by atoms with Gasteiger partial charge in [-0.2, -0.15) is 0 Å². The van der Waals surface area contributed by atoms with Gasteiger partial charge in [-0.15, -0.1) is 0 Å². The van der Waals surface area contributed by atoms with Crippen molar-refractivity contribution in [2.45, 2.75) is 39.3 Å². The van der Waals surface area contributed by atoms with Gasteiger partial charge in [-0.3, -0.25) is 0 Å². The Bertz CT molecular complexity index is 414. The summed E-state index contributed by atoms with van der Waals surface area (Å²) in [6.45, 7) is 7.76. The number of aryl methyl sites for hydroxylation is 1. The topological polar surface area (TPSA) is 39.6 Å². The van der Waals surface area contributed by atoms with Gasteiger partial charge < -0.3 is 14.9 Å². The van der Waals surface area contributed by atoms with E-state index < -0.39 is 0 Å². The number of aliphatic hydroxyl groups is 1. The third-order valence-electron chi connectivity index (χ3n) is 4.26. The Labute approximate surface area is 116 Å². The number of aliphatic hydroxyl groups excluding tert-OH is 1. The minimum Gasteiger partial charge on any atom is -0.392 e. The van der Waals surface area contributed by atoms with Crippen LogP contribution >= 0.6 is 0 Å². The van der Waals surface area contributed by atoms with Crippen LogP contribution in [0.4, 0.5) is 5.82 Å². The van der Waals surface area contributed by atoms with Crippen molar-refractivity contribution in [1.29, 1.82) is 0 Å². The number of aromatic nitrogens is 1. The zero-order valence-electron chi connectivity index (χ0n) is 12.3. The number of anilines is 1. The molecule has 1 aliphatic heterocycles. The zero-order valence-corrected chi connectivity index (χ0v) is 12.3. The van der Waals surface area contributed by atoms with Crippen LogP contribution in [0.5, 0.6) is 0 Å². The minimum absolute atomic E-state index is 0.0672. The molecule has 0 bridgehead atoms. The molecule has 1 aromatic heterocycles. The van der Waals surface area contributed by atoms with Gasteiger partial charge in [0.05, 0.1) is 6.61 Å². The molecule has 1 aromatic rings. The van der Waals surface area contributed by atoms with Gasteiger partial charge in [-0.25, -0.2) is 4.98 Å². The molecule has 0 spiro atoms. The lowest BCUT2D eigenvalue weighted by atomic mass is 10.0. The Balaban J connectivity index is 2.03. The number of nitrogens with zero attached hydrogens (tertiary/aromatic N) is 3. The summed E-state index contributed by atoms with van der Waals surface area (Å²) in [6.07, 6.45) is 2.40. The molecule has 1 saturated heterocycles. The van der Waals surface area contributed by atoms with Crippen molar-refractivity contribution in [3.63, 3.8) is 0 Å². The average molecular weight is 263 g/mol. The highest BCUT2D eigenvalue weighted by Gasteiger charge is 2.22. The monoisotopic (exact) mass is 263 g/mol. The van der Waals surface area contributed by atoms with Crippen molar-refractivity contribution in [2.75, 3.05) is 31.6 Å². The van der Waals surface area contributed by atoms with Crippen LogP contribution in [-0.4, -0.2) is 47.7 Å². The standard InChI is InChI=1S/C15H25N3O/c1-4-18-9-7-14(8-10-18)17(3)15-6-5-13(11-19)12(2)16-15/h5-6,14,19H,4,7-11H2,1-3H3. The molecule has 0 amide bonds. The summed E-state index contributed by atoms with van der Waals surface area (Å²) < 4.78 is 0. The van der Waals surface area contributed by atoms with Gasteiger partial charge in [0, 0.05) is 31.9 Å². The molecule has 0 unspecified atom stereocenters. The van der Waals surface area contributed by atoms with Crippen LogP contribution in [-0.2, 0) is 6.61 Å². The van der Waals surface area contributed by atoms with Gasteiger partial charge in [-0.05, 0) is 37.9 Å². The molecule has 0 aromatic carbocycles. The van der Waals surface area contributed by atoms with E-state index in [0.29, 0.717) is 6.04 Å². The van der Waals surface area contributed by atoms with E-state index in [1.54, 1.807) is 0 Å². The lowest BCUT2D eigenvalue weighted by molar-refractivity contribution is 0.220. The highest BCUT2D eigenvalue weighted by molar-refractivity contribution is 5.42. The second kappa shape index (κ2) is 6.35. The van der Waals surface area contributed by atoms with Crippen molar-refractivity contribution < 1.29 is 5.11 Å². The average Bonchev–Trinajstić information content (AvgIpc) is 2.46. The van der Waals surface area contributed by atoms with Crippen LogP contribution in [0.3, 0.4) is 0 Å². The Morgan fingerprint density at radius 3 is 2.58 bits per heavy atom. The van der Waals surface area contributed by atoms with E-state index in [-0.39, 0.29) is 6.61 Å². The summed E-state index contributed by atoms with van der Waals surface area (Å²) in [5, 5.41) is 9.19. The highest BCUT2D eigenvalue weighted by Crippen LogP contribution is 2.21. The molecule has 0 saturated carbocycles. The SMILES string of the molecule is CCN1CCC(N(C)c2ccc(CO)c(C)n2)CC1. The number of likely N-dealkylation sites (tertiary alicyclic amines) is 1. The van der Waals surface area contributed by atoms with E-state index in [1.807, 2.05) is 19.1 Å². The van der Waals surface area contributed by atoms with E-state index in [9.17, 15) is 5.11 Å². The van der Waals surface area contributed by atoms with Crippen molar-refractivity contribution in [3.05, 3.63) is 23.4 Å². The molecule has 106 valence electrons. The van der Waals surface area contributed by atoms with Crippen molar-refractivity contribution >= 4 is 5.82 Å². The summed E-state index contributed by atoms with van der Waals surface area (Å²) in [5.74, 6) is 1.02. The van der Waals surface area contributed by atoms with Gasteiger partial charge in [0.15, 0.2) is 0 Å². The first-order valence-corrected chi connectivity index (χ1v) is 7.18. The van der Waals surface area contributed by atoms with E-state index >= 15 is 0 Å². The first-order chi connectivity index (χ1) is 9.15. The predicted octanol–water partition coefficient (Wildman–Crippen LogP) is 1.80. The van der Waals surface area contributed by atoms with Gasteiger partial charge >= 0.3 is 0 Å². The minimum atomic E-state index is 0.0672. The molecule has 19 heavy (non-hydrogen) atoms. The van der Waals surface area contributed by atoms with Gasteiger partial charge in [0.25, 0.3) is 0 Å². The van der Waals surface area contributed by atoms with Crippen LogP contribution in [0.2, 0.25) is 0 Å². The molecule has 2 rings (SSSR count). The fraction of sp³-hybridized carbons (Fsp3) is 0.667. The predicted molar refractivity (Wildman–Crippen MR) is 78.4 cm³/mol. The maximum atomic E-state index is 9.19. The molecule has 1 N–H and O–H groups in total. The smallest absolute Gasteiger partial charge is 0.128 e. The first-order valence-electron chi connectivity index (χ1n) is 7.18. The highest BCUT2D eigenvalue weighted by atomic mass is 16.3. The molecular weight excluding hydrogens is 238 g/mol. The summed E-state index contributed by atoms with van der Waals surface area (Å²) >= 11 is 0. The molecule has 4 heteroatoms. The number of rotatable bonds is 4. The van der Waals surface area contributed by atoms with Crippen LogP contribution in [0, 0.1) is 6.92 Å². The molecule has 4 nitrogen and oxygen atoms in total. The summed E-state index contributed by atoms with van der Waals surface area (Å²) in [7, 11) is 2.13. The Morgan fingerprint density at radius 1 is 1.37 bits per heavy atom. The van der Waals surface area contributed by atoms with Crippen LogP contribution in [0.15, 0.2) is 12.1 Å². The second-order valence-corrected chi connectivity index (χ2v) is 5.35. The van der Waals surface area contributed by atoms with E-state index in [4.69, 9.17) is 0 Å². The quantitative estimate of drug-likeness (QED) is 0.899. The Morgan fingerprint density at radius 2 is 2.05 bits per heavy atom. The molecule has 0 radical (unpaired) electrons. The molecule has 1 aliphatic rings. The van der Waals surface area contributed by atoms with Crippen LogP contribution in [0.25, 0.3) is 0 Å². The largest absolute Gasteiger partial charge is 0.392 e. The summed E-state index contributed by atoms with van der Waals surface area (Å²) in [5.41, 5.74) is 1.84. The molecule has 0 atom stereocenters. The van der Waals surface area contributed by atoms with Gasteiger partial charge in [0.1, 0.15) is 5.82 Å². The summed E-state index contributed by atoms with van der Waals surface area (Å²) in [6, 6.07) is 4.58. The van der Waals surface area contributed by atoms with Crippen LogP contribution in [0.1, 0.15) is 31.0 Å². The van der Waals surface area contributed by atoms with Gasteiger partial charge in [0.2, 0.25) is 0 Å². The van der Waals surface area contributed by atoms with E-state index in [0.717, 1.165) is 23.6 Å². The fourth-order valence-corrected chi connectivity index (χ4v) is 2.75. The second-order valence-electron chi connectivity index (χ2n) is 5.35. The fourth-order valence-electron chi connectivity index (χ4n) is 2.75. The molecule has 1 fully saturated rings. The van der Waals surface area contributed by atoms with E-state index in [2.05, 4.69) is 28.8 Å². The lowest BCUT2D eigenvalue weighted by Gasteiger charge is -2.37. The maximum Gasteiger partial charge on any atom is 0.128 e. The number of piperidine rings is 1. The Kier molecular flexibility index (Phi) is 4.77. The molecule has 0 aliphatic carbocycles. The number of hydrogen-bond donors (Lipinski definition) is 1. The maximum absolute atomic E-state index is 9.19. The van der Waals surface area contributed by atoms with Crippen molar-refractivity contribution in [2.24, 2.45) is 0 Å². The normalized spacial score (nSPS) is 17.7. The van der Waals surface area contributed by atoms with Gasteiger partial charge in [-0.1, -0.05) is 13.0 Å². The molecule has 2 heterocycles. The Hall–Kier alpha value is -1.13. The number of pyridine rings is 1. The molecular formula is C15H25N3O. The van der Waals surface area contributed by atoms with E-state index in [1.165, 1.54) is 25.9 Å². The third-order valence-corrected chi connectivity index (χ3v) is 4.26. The van der Waals surface area contributed by atoms with Crippen molar-refractivity contribution in [1.82, 2.24) is 9.88 Å². The third kappa shape index (κ3) is 3.25. The van der Waals surface area contributed by atoms with Crippen molar-refractivity contribution in [3.8, 4) is 0 Å². The zero-order chi connectivity index (χ0) is 13.8. The lowest BCUT2D eigenvalue weighted by Crippen LogP contribution is -2.43.